The summed E-state index contributed by atoms with van der Waals surface area (Å²) < 4.78 is 22.1. The number of ether oxygens (including phenoxy) is 2. The molecule has 136 valence electrons. The van der Waals surface area contributed by atoms with Crippen LogP contribution in [-0.4, -0.2) is 41.8 Å². The van der Waals surface area contributed by atoms with Gasteiger partial charge in [0.05, 0.1) is 20.3 Å². The van der Waals surface area contributed by atoms with Crippen LogP contribution in [-0.2, 0) is 11.3 Å². The van der Waals surface area contributed by atoms with Crippen LogP contribution in [0.2, 0.25) is 0 Å². The van der Waals surface area contributed by atoms with Gasteiger partial charge in [-0.05, 0) is 43.3 Å². The molecular weight excluding hydrogens is 334 g/mol. The fourth-order valence-corrected chi connectivity index (χ4v) is 3.01. The Morgan fingerprint density at radius 2 is 2.04 bits per heavy atom. The predicted molar refractivity (Wildman–Crippen MR) is 93.7 cm³/mol. The van der Waals surface area contributed by atoms with E-state index in [2.05, 4.69) is 15.0 Å². The number of hydrogen-bond acceptors (Lipinski definition) is 7. The maximum absolute atomic E-state index is 5.83. The van der Waals surface area contributed by atoms with Gasteiger partial charge in [0.1, 0.15) is 23.4 Å². The van der Waals surface area contributed by atoms with Crippen LogP contribution in [0.15, 0.2) is 45.3 Å². The third-order valence-electron chi connectivity index (χ3n) is 4.40. The van der Waals surface area contributed by atoms with E-state index in [-0.39, 0.29) is 6.10 Å². The Balaban J connectivity index is 1.41. The molecule has 0 aliphatic carbocycles. The van der Waals surface area contributed by atoms with Gasteiger partial charge in [-0.1, -0.05) is 5.16 Å². The van der Waals surface area contributed by atoms with Crippen molar-refractivity contribution >= 4 is 0 Å². The fourth-order valence-electron chi connectivity index (χ4n) is 3.01. The molecular formula is C19H21N3O4. The minimum absolute atomic E-state index is 0.0644. The van der Waals surface area contributed by atoms with E-state index >= 15 is 0 Å². The van der Waals surface area contributed by atoms with E-state index < -0.39 is 0 Å². The van der Waals surface area contributed by atoms with Gasteiger partial charge in [0.15, 0.2) is 5.82 Å². The molecule has 0 amide bonds. The van der Waals surface area contributed by atoms with Crippen molar-refractivity contribution < 1.29 is 18.4 Å². The number of methoxy groups -OCH3 is 1. The zero-order valence-corrected chi connectivity index (χ0v) is 14.8. The smallest absolute Gasteiger partial charge is 0.257 e. The molecule has 4 rings (SSSR count). The second-order valence-electron chi connectivity index (χ2n) is 6.29. The van der Waals surface area contributed by atoms with E-state index in [0.717, 1.165) is 35.9 Å². The van der Waals surface area contributed by atoms with Crippen molar-refractivity contribution in [2.24, 2.45) is 0 Å². The molecule has 1 aliphatic heterocycles. The van der Waals surface area contributed by atoms with Crippen LogP contribution in [0.3, 0.4) is 0 Å². The van der Waals surface area contributed by atoms with Crippen LogP contribution < -0.4 is 4.74 Å². The van der Waals surface area contributed by atoms with Crippen LogP contribution in [0, 0.1) is 6.92 Å². The summed E-state index contributed by atoms with van der Waals surface area (Å²) in [6.07, 6.45) is -0.0644. The van der Waals surface area contributed by atoms with Gasteiger partial charge in [0.25, 0.3) is 5.89 Å². The molecule has 3 heterocycles. The highest BCUT2D eigenvalue weighted by Gasteiger charge is 2.25. The van der Waals surface area contributed by atoms with Crippen LogP contribution in [0.5, 0.6) is 5.75 Å². The molecule has 0 saturated carbocycles. The minimum atomic E-state index is -0.0644. The molecule has 26 heavy (non-hydrogen) atoms. The molecule has 2 aromatic heterocycles. The van der Waals surface area contributed by atoms with Crippen molar-refractivity contribution in [3.05, 3.63) is 53.7 Å². The van der Waals surface area contributed by atoms with E-state index in [9.17, 15) is 0 Å². The van der Waals surface area contributed by atoms with Crippen LogP contribution in [0.4, 0.5) is 0 Å². The Morgan fingerprint density at radius 3 is 2.77 bits per heavy atom. The van der Waals surface area contributed by atoms with Crippen molar-refractivity contribution in [1.29, 1.82) is 0 Å². The first kappa shape index (κ1) is 16.8. The van der Waals surface area contributed by atoms with Gasteiger partial charge in [-0.2, -0.15) is 4.98 Å². The van der Waals surface area contributed by atoms with Crippen molar-refractivity contribution in [3.63, 3.8) is 0 Å². The molecule has 1 atom stereocenters. The van der Waals surface area contributed by atoms with Gasteiger partial charge < -0.3 is 18.4 Å². The van der Waals surface area contributed by atoms with Crippen molar-refractivity contribution in [2.75, 3.05) is 26.8 Å². The zero-order valence-electron chi connectivity index (χ0n) is 14.8. The highest BCUT2D eigenvalue weighted by Crippen LogP contribution is 2.25. The number of nitrogens with zero attached hydrogens (tertiary/aromatic N) is 3. The molecule has 0 radical (unpaired) electrons. The highest BCUT2D eigenvalue weighted by molar-refractivity contribution is 5.54. The number of furan rings is 1. The Bertz CT molecular complexity index is 856. The Hall–Kier alpha value is -2.64. The van der Waals surface area contributed by atoms with E-state index in [1.807, 2.05) is 43.3 Å². The van der Waals surface area contributed by atoms with Crippen LogP contribution in [0.1, 0.15) is 23.4 Å². The quantitative estimate of drug-likeness (QED) is 0.695. The number of rotatable bonds is 5. The normalized spacial score (nSPS) is 18.2. The van der Waals surface area contributed by atoms with E-state index in [0.29, 0.717) is 24.9 Å². The highest BCUT2D eigenvalue weighted by atomic mass is 16.5. The standard InChI is InChI=1S/C19H21N3O4/c1-13-3-8-16(25-13)17-11-22(9-10-24-17)12-18-20-19(26-21-18)14-4-6-15(23-2)7-5-14/h3-8,17H,9-12H2,1-2H3. The molecule has 1 fully saturated rings. The molecule has 0 bridgehead atoms. The van der Waals surface area contributed by atoms with Gasteiger partial charge in [0, 0.05) is 18.7 Å². The molecule has 0 spiro atoms. The molecule has 1 unspecified atom stereocenters. The third-order valence-corrected chi connectivity index (χ3v) is 4.40. The SMILES string of the molecule is COc1ccc(-c2nc(CN3CCOC(c4ccc(C)o4)C3)no2)cc1. The number of aromatic nitrogens is 2. The Kier molecular flexibility index (Phi) is 4.73. The Labute approximate surface area is 151 Å². The molecule has 0 N–H and O–H groups in total. The lowest BCUT2D eigenvalue weighted by Gasteiger charge is -2.30. The third kappa shape index (κ3) is 3.63. The largest absolute Gasteiger partial charge is 0.497 e. The van der Waals surface area contributed by atoms with Crippen molar-refractivity contribution in [3.8, 4) is 17.2 Å². The Morgan fingerprint density at radius 1 is 1.19 bits per heavy atom. The second kappa shape index (κ2) is 7.31. The number of benzene rings is 1. The molecule has 3 aromatic rings. The molecule has 7 heteroatoms. The summed E-state index contributed by atoms with van der Waals surface area (Å²) in [5.74, 6) is 3.71. The topological polar surface area (TPSA) is 73.8 Å². The fraction of sp³-hybridized carbons (Fsp3) is 0.368. The molecule has 1 saturated heterocycles. The first-order chi connectivity index (χ1) is 12.7. The molecule has 1 aromatic carbocycles. The summed E-state index contributed by atoms with van der Waals surface area (Å²) in [6, 6.07) is 11.5. The number of hydrogen-bond donors (Lipinski definition) is 0. The summed E-state index contributed by atoms with van der Waals surface area (Å²) in [6.45, 7) is 4.75. The minimum Gasteiger partial charge on any atom is -0.497 e. The predicted octanol–water partition coefficient (Wildman–Crippen LogP) is 3.22. The zero-order chi connectivity index (χ0) is 17.9. The maximum atomic E-state index is 5.83. The summed E-state index contributed by atoms with van der Waals surface area (Å²) in [5, 5.41) is 4.11. The molecule has 1 aliphatic rings. The van der Waals surface area contributed by atoms with E-state index in [1.165, 1.54) is 0 Å². The van der Waals surface area contributed by atoms with Crippen LogP contribution >= 0.6 is 0 Å². The van der Waals surface area contributed by atoms with E-state index in [4.69, 9.17) is 18.4 Å². The first-order valence-electron chi connectivity index (χ1n) is 8.58. The summed E-state index contributed by atoms with van der Waals surface area (Å²) in [7, 11) is 1.64. The number of aryl methyl sites for hydroxylation is 1. The maximum Gasteiger partial charge on any atom is 0.257 e. The van der Waals surface area contributed by atoms with Gasteiger partial charge in [-0.15, -0.1) is 0 Å². The second-order valence-corrected chi connectivity index (χ2v) is 6.29. The monoisotopic (exact) mass is 355 g/mol. The average molecular weight is 355 g/mol. The number of morpholine rings is 1. The van der Waals surface area contributed by atoms with Crippen molar-refractivity contribution in [2.45, 2.75) is 19.6 Å². The summed E-state index contributed by atoms with van der Waals surface area (Å²) in [4.78, 5) is 6.75. The summed E-state index contributed by atoms with van der Waals surface area (Å²) in [5.41, 5.74) is 0.871. The van der Waals surface area contributed by atoms with Gasteiger partial charge >= 0.3 is 0 Å². The lowest BCUT2D eigenvalue weighted by Crippen LogP contribution is -2.37. The van der Waals surface area contributed by atoms with Crippen LogP contribution in [0.25, 0.3) is 11.5 Å². The molecule has 7 nitrogen and oxygen atoms in total. The first-order valence-corrected chi connectivity index (χ1v) is 8.58. The van der Waals surface area contributed by atoms with Gasteiger partial charge in [-0.25, -0.2) is 0 Å². The van der Waals surface area contributed by atoms with Gasteiger partial charge in [0.2, 0.25) is 0 Å². The van der Waals surface area contributed by atoms with E-state index in [1.54, 1.807) is 7.11 Å². The lowest BCUT2D eigenvalue weighted by molar-refractivity contribution is -0.0438. The lowest BCUT2D eigenvalue weighted by atomic mass is 10.2. The van der Waals surface area contributed by atoms with Crippen molar-refractivity contribution in [1.82, 2.24) is 15.0 Å². The summed E-state index contributed by atoms with van der Waals surface area (Å²) >= 11 is 0. The average Bonchev–Trinajstić information content (AvgIpc) is 3.31. The van der Waals surface area contributed by atoms with Gasteiger partial charge in [-0.3, -0.25) is 4.90 Å².